The molecule has 0 fully saturated rings. The lowest BCUT2D eigenvalue weighted by molar-refractivity contribution is 0.0985. The summed E-state index contributed by atoms with van der Waals surface area (Å²) in [5.74, 6) is -0.0314. The number of methoxy groups -OCH3 is 1. The van der Waals surface area contributed by atoms with Crippen LogP contribution in [0.3, 0.4) is 0 Å². The molecule has 0 radical (unpaired) electrons. The Morgan fingerprint density at radius 1 is 1.19 bits per heavy atom. The Morgan fingerprint density at radius 2 is 2.00 bits per heavy atom. The van der Waals surface area contributed by atoms with Gasteiger partial charge in [0.25, 0.3) is 5.91 Å². The molecule has 0 spiro atoms. The van der Waals surface area contributed by atoms with Gasteiger partial charge < -0.3 is 20.3 Å². The van der Waals surface area contributed by atoms with Crippen LogP contribution >= 0.6 is 11.8 Å². The van der Waals surface area contributed by atoms with Crippen LogP contribution in [0, 0.1) is 0 Å². The largest absolute Gasteiger partial charge is 0.383 e. The third-order valence-electron chi connectivity index (χ3n) is 4.00. The highest BCUT2D eigenvalue weighted by atomic mass is 32.2. The van der Waals surface area contributed by atoms with Crippen molar-refractivity contribution < 1.29 is 14.3 Å². The van der Waals surface area contributed by atoms with E-state index in [1.807, 2.05) is 49.4 Å². The van der Waals surface area contributed by atoms with Crippen molar-refractivity contribution in [2.24, 2.45) is 0 Å². The van der Waals surface area contributed by atoms with E-state index in [-0.39, 0.29) is 11.9 Å². The second kappa shape index (κ2) is 8.25. The van der Waals surface area contributed by atoms with Gasteiger partial charge in [0.15, 0.2) is 0 Å². The highest BCUT2D eigenvalue weighted by molar-refractivity contribution is 7.99. The van der Waals surface area contributed by atoms with Crippen LogP contribution < -0.4 is 15.5 Å². The lowest BCUT2D eigenvalue weighted by Crippen LogP contribution is -2.32. The summed E-state index contributed by atoms with van der Waals surface area (Å²) >= 11 is 1.56. The summed E-state index contributed by atoms with van der Waals surface area (Å²) in [7, 11) is 1.58. The minimum Gasteiger partial charge on any atom is -0.383 e. The number of urea groups is 1. The van der Waals surface area contributed by atoms with E-state index in [0.717, 1.165) is 15.5 Å². The monoisotopic (exact) mass is 371 g/mol. The van der Waals surface area contributed by atoms with E-state index in [1.165, 1.54) is 0 Å². The van der Waals surface area contributed by atoms with Gasteiger partial charge in [-0.3, -0.25) is 4.79 Å². The first-order chi connectivity index (χ1) is 12.6. The molecule has 2 N–H and O–H groups in total. The average Bonchev–Trinajstić information content (AvgIpc) is 2.76. The van der Waals surface area contributed by atoms with Gasteiger partial charge in [-0.05, 0) is 37.3 Å². The van der Waals surface area contributed by atoms with Crippen LogP contribution in [0.15, 0.2) is 52.3 Å². The number of hydrogen-bond donors (Lipinski definition) is 2. The molecule has 0 bridgehead atoms. The van der Waals surface area contributed by atoms with E-state index in [0.29, 0.717) is 30.9 Å². The lowest BCUT2D eigenvalue weighted by Gasteiger charge is -2.22. The molecule has 0 saturated carbocycles. The van der Waals surface area contributed by atoms with E-state index in [1.54, 1.807) is 23.8 Å². The van der Waals surface area contributed by atoms with E-state index in [4.69, 9.17) is 4.74 Å². The average molecular weight is 371 g/mol. The van der Waals surface area contributed by atoms with Gasteiger partial charge in [-0.15, -0.1) is 0 Å². The summed E-state index contributed by atoms with van der Waals surface area (Å²) in [6, 6.07) is 12.9. The first kappa shape index (κ1) is 18.3. The zero-order valence-electron chi connectivity index (χ0n) is 14.7. The minimum atomic E-state index is -0.305. The Balaban J connectivity index is 1.87. The van der Waals surface area contributed by atoms with Crippen molar-refractivity contribution in [1.82, 2.24) is 5.32 Å². The zero-order valence-corrected chi connectivity index (χ0v) is 15.6. The van der Waals surface area contributed by atoms with Crippen molar-refractivity contribution >= 4 is 35.1 Å². The molecule has 1 heterocycles. The molecular formula is C19H21N3O3S. The molecule has 3 rings (SSSR count). The molecule has 0 aliphatic carbocycles. The van der Waals surface area contributed by atoms with Gasteiger partial charge in [0.2, 0.25) is 0 Å². The fourth-order valence-corrected chi connectivity index (χ4v) is 3.81. The SMILES string of the molecule is CCN1C(=O)c2ccccc2Sc2ccc(NC(=O)NCCOC)cc21. The molecule has 6 nitrogen and oxygen atoms in total. The molecule has 0 saturated heterocycles. The molecule has 0 unspecified atom stereocenters. The van der Waals surface area contributed by atoms with Gasteiger partial charge in [0.05, 0.1) is 17.9 Å². The maximum absolute atomic E-state index is 12.9. The predicted octanol–water partition coefficient (Wildman–Crippen LogP) is 3.59. The molecule has 1 aliphatic rings. The maximum Gasteiger partial charge on any atom is 0.319 e. The van der Waals surface area contributed by atoms with Crippen molar-refractivity contribution in [3.05, 3.63) is 48.0 Å². The van der Waals surface area contributed by atoms with E-state index >= 15 is 0 Å². The zero-order chi connectivity index (χ0) is 18.5. The third-order valence-corrected chi connectivity index (χ3v) is 5.14. The molecule has 136 valence electrons. The molecule has 2 aromatic rings. The molecular weight excluding hydrogens is 350 g/mol. The normalized spacial score (nSPS) is 12.8. The summed E-state index contributed by atoms with van der Waals surface area (Å²) in [6.45, 7) is 3.37. The van der Waals surface area contributed by atoms with Crippen LogP contribution in [0.4, 0.5) is 16.2 Å². The van der Waals surface area contributed by atoms with Crippen LogP contribution in [-0.4, -0.2) is 38.7 Å². The number of carbonyl (C=O) groups is 2. The van der Waals surface area contributed by atoms with Crippen molar-refractivity contribution in [1.29, 1.82) is 0 Å². The van der Waals surface area contributed by atoms with Gasteiger partial charge >= 0.3 is 6.03 Å². The molecule has 3 amide bonds. The Kier molecular flexibility index (Phi) is 5.80. The Labute approximate surface area is 156 Å². The van der Waals surface area contributed by atoms with Crippen LogP contribution in [-0.2, 0) is 4.74 Å². The number of benzene rings is 2. The fraction of sp³-hybridized carbons (Fsp3) is 0.263. The topological polar surface area (TPSA) is 70.7 Å². The number of amides is 3. The number of ether oxygens (including phenoxy) is 1. The molecule has 2 aromatic carbocycles. The van der Waals surface area contributed by atoms with Gasteiger partial charge in [-0.1, -0.05) is 23.9 Å². The number of nitrogens with one attached hydrogen (secondary N) is 2. The van der Waals surface area contributed by atoms with Crippen molar-refractivity contribution in [3.8, 4) is 0 Å². The quantitative estimate of drug-likeness (QED) is 0.788. The third kappa shape index (κ3) is 3.84. The van der Waals surface area contributed by atoms with Crippen molar-refractivity contribution in [2.45, 2.75) is 16.7 Å². The summed E-state index contributed by atoms with van der Waals surface area (Å²) in [5, 5.41) is 5.51. The van der Waals surface area contributed by atoms with Crippen LogP contribution in [0.25, 0.3) is 0 Å². The minimum absolute atomic E-state index is 0.0314. The van der Waals surface area contributed by atoms with Gasteiger partial charge in [0.1, 0.15) is 0 Å². The Hall–Kier alpha value is -2.51. The molecule has 26 heavy (non-hydrogen) atoms. The van der Waals surface area contributed by atoms with E-state index in [2.05, 4.69) is 10.6 Å². The summed E-state index contributed by atoms with van der Waals surface area (Å²) in [5.41, 5.74) is 2.13. The van der Waals surface area contributed by atoms with Crippen molar-refractivity contribution in [2.75, 3.05) is 37.0 Å². The molecule has 0 atom stereocenters. The molecule has 7 heteroatoms. The van der Waals surface area contributed by atoms with E-state index in [9.17, 15) is 9.59 Å². The summed E-state index contributed by atoms with van der Waals surface area (Å²) in [6.07, 6.45) is 0. The Morgan fingerprint density at radius 3 is 2.77 bits per heavy atom. The smallest absolute Gasteiger partial charge is 0.319 e. The second-order valence-corrected chi connectivity index (χ2v) is 6.79. The lowest BCUT2D eigenvalue weighted by atomic mass is 10.1. The number of fused-ring (bicyclic) bond motifs is 2. The first-order valence-electron chi connectivity index (χ1n) is 8.40. The number of anilines is 2. The highest BCUT2D eigenvalue weighted by Gasteiger charge is 2.26. The number of hydrogen-bond acceptors (Lipinski definition) is 4. The predicted molar refractivity (Wildman–Crippen MR) is 103 cm³/mol. The number of rotatable bonds is 5. The molecule has 0 aromatic heterocycles. The number of carbonyl (C=O) groups excluding carboxylic acids is 2. The number of nitrogens with zero attached hydrogens (tertiary/aromatic N) is 1. The highest BCUT2D eigenvalue weighted by Crippen LogP contribution is 2.42. The van der Waals surface area contributed by atoms with Crippen LogP contribution in [0.1, 0.15) is 17.3 Å². The summed E-state index contributed by atoms with van der Waals surface area (Å²) in [4.78, 5) is 28.5. The van der Waals surface area contributed by atoms with Gasteiger partial charge in [-0.2, -0.15) is 0 Å². The Bertz CT molecular complexity index is 825. The van der Waals surface area contributed by atoms with Gasteiger partial charge in [-0.25, -0.2) is 4.79 Å². The standard InChI is InChI=1S/C19H21N3O3S/c1-3-22-15-12-13(21-19(24)20-10-11-25-2)8-9-17(15)26-16-7-5-4-6-14(16)18(22)23/h4-9,12H,3,10-11H2,1-2H3,(H2,20,21,24). The van der Waals surface area contributed by atoms with Gasteiger partial charge in [0, 0.05) is 35.7 Å². The summed E-state index contributed by atoms with van der Waals surface area (Å²) < 4.78 is 4.91. The molecule has 1 aliphatic heterocycles. The first-order valence-corrected chi connectivity index (χ1v) is 9.22. The van der Waals surface area contributed by atoms with Crippen LogP contribution in [0.2, 0.25) is 0 Å². The van der Waals surface area contributed by atoms with E-state index < -0.39 is 0 Å². The second-order valence-electron chi connectivity index (χ2n) is 5.70. The van der Waals surface area contributed by atoms with Crippen molar-refractivity contribution in [3.63, 3.8) is 0 Å². The van der Waals surface area contributed by atoms with Crippen LogP contribution in [0.5, 0.6) is 0 Å². The fourth-order valence-electron chi connectivity index (χ4n) is 2.75. The maximum atomic E-state index is 12.9.